The Morgan fingerprint density at radius 2 is 2.15 bits per heavy atom. The van der Waals surface area contributed by atoms with Crippen LogP contribution in [0.25, 0.3) is 0 Å². The number of carboxylic acids is 1. The number of pyridine rings is 1. The van der Waals surface area contributed by atoms with Gasteiger partial charge in [-0.25, -0.2) is 9.78 Å². The van der Waals surface area contributed by atoms with E-state index in [-0.39, 0.29) is 16.3 Å². The fraction of sp³-hybridized carbons (Fsp3) is 0. The molecule has 102 valence electrons. The summed E-state index contributed by atoms with van der Waals surface area (Å²) in [5, 5.41) is 20.0. The number of hydrogen-bond donors (Lipinski definition) is 1. The molecule has 0 unspecified atom stereocenters. The second-order valence-corrected chi connectivity index (χ2v) is 5.65. The first-order valence-electron chi connectivity index (χ1n) is 5.28. The number of aromatic carboxylic acids is 1. The van der Waals surface area contributed by atoms with Gasteiger partial charge in [-0.05, 0) is 18.2 Å². The van der Waals surface area contributed by atoms with Crippen LogP contribution in [0.5, 0.6) is 0 Å². The molecule has 0 fully saturated rings. The first-order chi connectivity index (χ1) is 9.47. The Balaban J connectivity index is 2.41. The fourth-order valence-corrected chi connectivity index (χ4v) is 2.89. The van der Waals surface area contributed by atoms with E-state index >= 15 is 0 Å². The van der Waals surface area contributed by atoms with Gasteiger partial charge in [-0.1, -0.05) is 33.8 Å². The lowest BCUT2D eigenvalue weighted by Gasteiger charge is -2.05. The number of carbonyl (C=O) groups is 1. The molecule has 0 spiro atoms. The number of nitro groups is 1. The molecule has 20 heavy (non-hydrogen) atoms. The molecule has 0 bridgehead atoms. The first kappa shape index (κ1) is 14.5. The third-order valence-corrected chi connectivity index (χ3v) is 3.79. The third-order valence-electron chi connectivity index (χ3n) is 2.29. The van der Waals surface area contributed by atoms with E-state index in [0.29, 0.717) is 0 Å². The van der Waals surface area contributed by atoms with Gasteiger partial charge in [0.1, 0.15) is 11.2 Å². The molecule has 2 rings (SSSR count). The van der Waals surface area contributed by atoms with Crippen LogP contribution in [0.4, 0.5) is 5.69 Å². The molecular formula is C12H7BrN2O4S. The van der Waals surface area contributed by atoms with Crippen LogP contribution in [-0.2, 0) is 0 Å². The van der Waals surface area contributed by atoms with Crippen LogP contribution >= 0.6 is 27.7 Å². The Bertz CT molecular complexity index is 693. The largest absolute Gasteiger partial charge is 0.478 e. The lowest BCUT2D eigenvalue weighted by atomic mass is 10.3. The molecule has 0 aliphatic rings. The van der Waals surface area contributed by atoms with Gasteiger partial charge in [-0.3, -0.25) is 10.1 Å². The van der Waals surface area contributed by atoms with Gasteiger partial charge in [-0.15, -0.1) is 0 Å². The van der Waals surface area contributed by atoms with Crippen LogP contribution in [-0.4, -0.2) is 21.0 Å². The van der Waals surface area contributed by atoms with Crippen molar-refractivity contribution >= 4 is 39.3 Å². The van der Waals surface area contributed by atoms with E-state index in [0.717, 1.165) is 33.4 Å². The van der Waals surface area contributed by atoms with Crippen molar-refractivity contribution in [2.24, 2.45) is 0 Å². The predicted octanol–water partition coefficient (Wildman–Crippen LogP) is 3.60. The first-order valence-corrected chi connectivity index (χ1v) is 6.89. The molecule has 6 nitrogen and oxygen atoms in total. The van der Waals surface area contributed by atoms with E-state index in [1.165, 1.54) is 0 Å². The van der Waals surface area contributed by atoms with Gasteiger partial charge in [0, 0.05) is 15.4 Å². The zero-order valence-corrected chi connectivity index (χ0v) is 12.2. The second-order valence-electron chi connectivity index (χ2n) is 3.67. The number of rotatable bonds is 4. The summed E-state index contributed by atoms with van der Waals surface area (Å²) in [6.45, 7) is 0. The fourth-order valence-electron chi connectivity index (χ4n) is 1.42. The summed E-state index contributed by atoms with van der Waals surface area (Å²) >= 11 is 4.45. The van der Waals surface area contributed by atoms with Crippen LogP contribution in [0.15, 0.2) is 50.9 Å². The van der Waals surface area contributed by atoms with Gasteiger partial charge in [0.15, 0.2) is 0 Å². The van der Waals surface area contributed by atoms with Crippen molar-refractivity contribution in [2.75, 3.05) is 0 Å². The monoisotopic (exact) mass is 354 g/mol. The van der Waals surface area contributed by atoms with Gasteiger partial charge in [0.2, 0.25) is 0 Å². The van der Waals surface area contributed by atoms with Crippen LogP contribution < -0.4 is 0 Å². The zero-order chi connectivity index (χ0) is 14.7. The minimum atomic E-state index is -1.25. The van der Waals surface area contributed by atoms with E-state index in [9.17, 15) is 14.9 Å². The van der Waals surface area contributed by atoms with Crippen molar-refractivity contribution in [2.45, 2.75) is 9.92 Å². The lowest BCUT2D eigenvalue weighted by molar-refractivity contribution is -0.385. The molecule has 0 aliphatic heterocycles. The number of aromatic nitrogens is 1. The number of nitrogens with zero attached hydrogens (tertiary/aromatic N) is 2. The maximum absolute atomic E-state index is 11.2. The minimum absolute atomic E-state index is 0.191. The van der Waals surface area contributed by atoms with Crippen molar-refractivity contribution in [3.05, 3.63) is 56.7 Å². The Morgan fingerprint density at radius 1 is 1.40 bits per heavy atom. The average Bonchev–Trinajstić information content (AvgIpc) is 2.38. The molecule has 0 amide bonds. The highest BCUT2D eigenvalue weighted by atomic mass is 79.9. The summed E-state index contributed by atoms with van der Waals surface area (Å²) in [7, 11) is 0. The number of carboxylic acid groups (broad SMARTS) is 1. The summed E-state index contributed by atoms with van der Waals surface area (Å²) in [5.74, 6) is -1.25. The molecule has 1 aromatic heterocycles. The van der Waals surface area contributed by atoms with E-state index < -0.39 is 10.9 Å². The van der Waals surface area contributed by atoms with E-state index in [2.05, 4.69) is 20.9 Å². The summed E-state index contributed by atoms with van der Waals surface area (Å²) in [6, 6.07) is 8.25. The highest BCUT2D eigenvalue weighted by Gasteiger charge is 2.18. The van der Waals surface area contributed by atoms with Gasteiger partial charge < -0.3 is 5.11 Å². The highest BCUT2D eigenvalue weighted by molar-refractivity contribution is 9.10. The van der Waals surface area contributed by atoms with Crippen LogP contribution in [0, 0.1) is 10.1 Å². The molecule has 0 saturated carbocycles. The maximum atomic E-state index is 11.2. The summed E-state index contributed by atoms with van der Waals surface area (Å²) in [6.07, 6.45) is 1.05. The van der Waals surface area contributed by atoms with Crippen molar-refractivity contribution in [1.82, 2.24) is 4.98 Å². The van der Waals surface area contributed by atoms with Crippen LogP contribution in [0.2, 0.25) is 0 Å². The number of hydrogen-bond acceptors (Lipinski definition) is 5. The van der Waals surface area contributed by atoms with Gasteiger partial charge >= 0.3 is 5.97 Å². The summed E-state index contributed by atoms with van der Waals surface area (Å²) < 4.78 is 0.848. The molecule has 0 aliphatic carbocycles. The van der Waals surface area contributed by atoms with Crippen LogP contribution in [0.1, 0.15) is 10.4 Å². The Kier molecular flexibility index (Phi) is 4.35. The molecule has 0 saturated heterocycles. The smallest absolute Gasteiger partial charge is 0.338 e. The summed E-state index contributed by atoms with van der Waals surface area (Å²) in [4.78, 5) is 25.8. The highest BCUT2D eigenvalue weighted by Crippen LogP contribution is 2.31. The number of benzene rings is 1. The van der Waals surface area contributed by atoms with Crippen molar-refractivity contribution in [3.8, 4) is 0 Å². The SMILES string of the molecule is O=C(O)c1cc([N+](=O)[O-])cnc1Sc1cccc(Br)c1. The molecule has 8 heteroatoms. The van der Waals surface area contributed by atoms with E-state index in [1.807, 2.05) is 6.07 Å². The quantitative estimate of drug-likeness (QED) is 0.665. The molecule has 1 aromatic carbocycles. The van der Waals surface area contributed by atoms with Crippen molar-refractivity contribution in [1.29, 1.82) is 0 Å². The normalized spacial score (nSPS) is 10.2. The van der Waals surface area contributed by atoms with Crippen LogP contribution in [0.3, 0.4) is 0 Å². The Hall–Kier alpha value is -1.93. The number of halogens is 1. The molecule has 1 N–H and O–H groups in total. The average molecular weight is 355 g/mol. The third kappa shape index (κ3) is 3.34. The molecule has 0 radical (unpaired) electrons. The minimum Gasteiger partial charge on any atom is -0.478 e. The van der Waals surface area contributed by atoms with Gasteiger partial charge in [0.05, 0.1) is 10.5 Å². The van der Waals surface area contributed by atoms with Gasteiger partial charge in [0.25, 0.3) is 5.69 Å². The van der Waals surface area contributed by atoms with Gasteiger partial charge in [-0.2, -0.15) is 0 Å². The topological polar surface area (TPSA) is 93.3 Å². The zero-order valence-electron chi connectivity index (χ0n) is 9.82. The lowest BCUT2D eigenvalue weighted by Crippen LogP contribution is -2.02. The summed E-state index contributed by atoms with van der Waals surface area (Å²) in [5.41, 5.74) is -0.537. The van der Waals surface area contributed by atoms with E-state index in [1.54, 1.807) is 18.2 Å². The standard InChI is InChI=1S/C12H7BrN2O4S/c13-7-2-1-3-9(4-7)20-11-10(12(16)17)5-8(6-14-11)15(18)19/h1-6H,(H,16,17). The Morgan fingerprint density at radius 3 is 2.75 bits per heavy atom. The molecular weight excluding hydrogens is 348 g/mol. The molecule has 0 atom stereocenters. The second kappa shape index (κ2) is 6.02. The van der Waals surface area contributed by atoms with E-state index in [4.69, 9.17) is 5.11 Å². The molecule has 2 aromatic rings. The van der Waals surface area contributed by atoms with Crippen molar-refractivity contribution in [3.63, 3.8) is 0 Å². The van der Waals surface area contributed by atoms with Crippen molar-refractivity contribution < 1.29 is 14.8 Å². The Labute approximate surface area is 126 Å². The molecule has 1 heterocycles. The maximum Gasteiger partial charge on any atom is 0.338 e. The predicted molar refractivity (Wildman–Crippen MR) is 76.1 cm³/mol.